The maximum Gasteiger partial charge on any atom is 0.374 e. The largest absolute Gasteiger partial charge is 0.451 e. The molecule has 0 aliphatic rings. The van der Waals surface area contributed by atoms with Crippen LogP contribution in [0.15, 0.2) is 0 Å². The van der Waals surface area contributed by atoms with Gasteiger partial charge in [-0.25, -0.2) is 4.79 Å². The number of hydrogen-bond acceptors (Lipinski definition) is 8. The van der Waals surface area contributed by atoms with Crippen molar-refractivity contribution in [2.75, 3.05) is 6.61 Å². The monoisotopic (exact) mass is 250 g/mol. The van der Waals surface area contributed by atoms with E-state index in [0.29, 0.717) is 0 Å². The van der Waals surface area contributed by atoms with Crippen molar-refractivity contribution in [2.45, 2.75) is 31.3 Å². The third kappa shape index (κ3) is 4.57. The third-order valence-electron chi connectivity index (χ3n) is 1.92. The molecule has 0 spiro atoms. The van der Waals surface area contributed by atoms with E-state index in [-0.39, 0.29) is 6.29 Å². The second kappa shape index (κ2) is 7.07. The van der Waals surface area contributed by atoms with Crippen molar-refractivity contribution in [3.05, 3.63) is 0 Å². The standard InChI is InChI=1S/C9H14O8/c1-4(12)9(16)17-8(6(14)3-11)7(15)5(13)2-10/h3,5-8,10,13-15H,2H2,1H3/t5-,6+,7-,8-/m1/s1. The van der Waals surface area contributed by atoms with Gasteiger partial charge in [0.05, 0.1) is 6.61 Å². The second-order valence-corrected chi connectivity index (χ2v) is 3.29. The van der Waals surface area contributed by atoms with Crippen LogP contribution in [0, 0.1) is 0 Å². The molecule has 0 aliphatic carbocycles. The SMILES string of the molecule is CC(=O)C(=O)O[C@@H]([C@H](O)[C@H](O)CO)[C@@H](O)C=O. The van der Waals surface area contributed by atoms with E-state index in [1.165, 1.54) is 0 Å². The van der Waals surface area contributed by atoms with Crippen LogP contribution in [0.5, 0.6) is 0 Å². The minimum absolute atomic E-state index is 0.0363. The first-order valence-electron chi connectivity index (χ1n) is 4.67. The summed E-state index contributed by atoms with van der Waals surface area (Å²) >= 11 is 0. The molecule has 0 aromatic rings. The van der Waals surface area contributed by atoms with Gasteiger partial charge in [0.15, 0.2) is 12.4 Å². The van der Waals surface area contributed by atoms with Crippen molar-refractivity contribution in [1.82, 2.24) is 0 Å². The highest BCUT2D eigenvalue weighted by atomic mass is 16.6. The van der Waals surface area contributed by atoms with E-state index < -0.39 is 42.8 Å². The van der Waals surface area contributed by atoms with Crippen molar-refractivity contribution in [2.24, 2.45) is 0 Å². The lowest BCUT2D eigenvalue weighted by Gasteiger charge is -2.26. The van der Waals surface area contributed by atoms with Crippen LogP contribution < -0.4 is 0 Å². The van der Waals surface area contributed by atoms with Gasteiger partial charge in [-0.2, -0.15) is 0 Å². The Morgan fingerprint density at radius 2 is 1.82 bits per heavy atom. The first-order chi connectivity index (χ1) is 7.84. The molecule has 0 amide bonds. The summed E-state index contributed by atoms with van der Waals surface area (Å²) < 4.78 is 4.36. The second-order valence-electron chi connectivity index (χ2n) is 3.29. The summed E-state index contributed by atoms with van der Waals surface area (Å²) in [5, 5.41) is 36.2. The Morgan fingerprint density at radius 3 is 2.18 bits per heavy atom. The summed E-state index contributed by atoms with van der Waals surface area (Å²) in [5.74, 6) is -2.38. The van der Waals surface area contributed by atoms with Crippen molar-refractivity contribution < 1.29 is 39.5 Å². The molecule has 0 aliphatic heterocycles. The Bertz CT molecular complexity index is 289. The lowest BCUT2D eigenvalue weighted by atomic mass is 10.0. The van der Waals surface area contributed by atoms with Gasteiger partial charge in [0.25, 0.3) is 0 Å². The fourth-order valence-electron chi connectivity index (χ4n) is 0.952. The summed E-state index contributed by atoms with van der Waals surface area (Å²) in [7, 11) is 0. The molecule has 0 radical (unpaired) electrons. The summed E-state index contributed by atoms with van der Waals surface area (Å²) in [6, 6.07) is 0. The van der Waals surface area contributed by atoms with Crippen LogP contribution in [0.3, 0.4) is 0 Å². The highest BCUT2D eigenvalue weighted by Gasteiger charge is 2.35. The van der Waals surface area contributed by atoms with Crippen LogP contribution in [0.1, 0.15) is 6.92 Å². The molecule has 0 bridgehead atoms. The number of esters is 1. The molecule has 98 valence electrons. The number of carbonyl (C=O) groups excluding carboxylic acids is 3. The highest BCUT2D eigenvalue weighted by Crippen LogP contribution is 2.09. The summed E-state index contributed by atoms with van der Waals surface area (Å²) in [5.41, 5.74) is 0. The maximum absolute atomic E-state index is 10.9. The smallest absolute Gasteiger partial charge is 0.374 e. The number of aldehydes is 1. The van der Waals surface area contributed by atoms with Crippen molar-refractivity contribution in [1.29, 1.82) is 0 Å². The quantitative estimate of drug-likeness (QED) is 0.210. The Labute approximate surface area is 96.4 Å². The molecule has 4 atom stereocenters. The summed E-state index contributed by atoms with van der Waals surface area (Å²) in [6.07, 6.45) is -7.41. The minimum atomic E-state index is -1.92. The van der Waals surface area contributed by atoms with Crippen LogP contribution in [-0.2, 0) is 19.1 Å². The molecule has 0 aromatic carbocycles. The summed E-state index contributed by atoms with van der Waals surface area (Å²) in [4.78, 5) is 31.9. The molecule has 8 nitrogen and oxygen atoms in total. The van der Waals surface area contributed by atoms with Crippen molar-refractivity contribution >= 4 is 18.0 Å². The molecule has 0 rings (SSSR count). The van der Waals surface area contributed by atoms with Crippen molar-refractivity contribution in [3.8, 4) is 0 Å². The number of aliphatic hydroxyl groups is 4. The predicted molar refractivity (Wildman–Crippen MR) is 51.7 cm³/mol. The van der Waals surface area contributed by atoms with Crippen LogP contribution in [0.25, 0.3) is 0 Å². The van der Waals surface area contributed by atoms with E-state index in [1.54, 1.807) is 0 Å². The average Bonchev–Trinajstić information content (AvgIpc) is 2.32. The third-order valence-corrected chi connectivity index (χ3v) is 1.92. The molecule has 0 saturated carbocycles. The summed E-state index contributed by atoms with van der Waals surface area (Å²) in [6.45, 7) is 0.0163. The van der Waals surface area contributed by atoms with Crippen LogP contribution in [0.4, 0.5) is 0 Å². The lowest BCUT2D eigenvalue weighted by Crippen LogP contribution is -2.49. The molecule has 8 heteroatoms. The average molecular weight is 250 g/mol. The first-order valence-corrected chi connectivity index (χ1v) is 4.67. The molecule has 0 heterocycles. The zero-order chi connectivity index (χ0) is 13.6. The van der Waals surface area contributed by atoms with Gasteiger partial charge in [-0.15, -0.1) is 0 Å². The molecular formula is C9H14O8. The molecule has 17 heavy (non-hydrogen) atoms. The van der Waals surface area contributed by atoms with E-state index in [1.807, 2.05) is 0 Å². The fraction of sp³-hybridized carbons (Fsp3) is 0.667. The Balaban J connectivity index is 4.81. The number of carbonyl (C=O) groups is 3. The molecular weight excluding hydrogens is 236 g/mol. The zero-order valence-corrected chi connectivity index (χ0v) is 9.02. The Hall–Kier alpha value is -1.35. The number of rotatable bonds is 7. The lowest BCUT2D eigenvalue weighted by molar-refractivity contribution is -0.176. The van der Waals surface area contributed by atoms with Gasteiger partial charge in [-0.1, -0.05) is 0 Å². The van der Waals surface area contributed by atoms with Crippen LogP contribution in [-0.4, -0.2) is 69.5 Å². The molecule has 0 saturated heterocycles. The number of Topliss-reactive ketones (excluding diaryl/α,β-unsaturated/α-hetero) is 1. The number of ketones is 1. The van der Waals surface area contributed by atoms with Gasteiger partial charge in [0.2, 0.25) is 5.78 Å². The van der Waals surface area contributed by atoms with Crippen molar-refractivity contribution in [3.63, 3.8) is 0 Å². The normalized spacial score (nSPS) is 17.7. The molecule has 4 N–H and O–H groups in total. The van der Waals surface area contributed by atoms with Gasteiger partial charge in [0.1, 0.15) is 18.3 Å². The van der Waals surface area contributed by atoms with Gasteiger partial charge in [0, 0.05) is 6.92 Å². The fourth-order valence-corrected chi connectivity index (χ4v) is 0.952. The van der Waals surface area contributed by atoms with Gasteiger partial charge >= 0.3 is 5.97 Å². The topological polar surface area (TPSA) is 141 Å². The number of hydrogen-bond donors (Lipinski definition) is 4. The molecule has 0 fully saturated rings. The number of aliphatic hydroxyl groups excluding tert-OH is 4. The minimum Gasteiger partial charge on any atom is -0.451 e. The van der Waals surface area contributed by atoms with E-state index in [9.17, 15) is 19.5 Å². The van der Waals surface area contributed by atoms with Gasteiger partial charge in [-0.05, 0) is 0 Å². The predicted octanol–water partition coefficient (Wildman–Crippen LogP) is -3.24. The van der Waals surface area contributed by atoms with E-state index >= 15 is 0 Å². The van der Waals surface area contributed by atoms with Crippen LogP contribution in [0.2, 0.25) is 0 Å². The molecule has 0 unspecified atom stereocenters. The Morgan fingerprint density at radius 1 is 1.29 bits per heavy atom. The van der Waals surface area contributed by atoms with E-state index in [4.69, 9.17) is 15.3 Å². The van der Waals surface area contributed by atoms with Crippen LogP contribution >= 0.6 is 0 Å². The maximum atomic E-state index is 10.9. The number of ether oxygens (including phenoxy) is 1. The van der Waals surface area contributed by atoms with E-state index in [0.717, 1.165) is 6.92 Å². The highest BCUT2D eigenvalue weighted by molar-refractivity contribution is 6.32. The van der Waals surface area contributed by atoms with Gasteiger partial charge < -0.3 is 30.0 Å². The zero-order valence-electron chi connectivity index (χ0n) is 9.02. The first kappa shape index (κ1) is 15.7. The Kier molecular flexibility index (Phi) is 6.51. The van der Waals surface area contributed by atoms with Gasteiger partial charge in [-0.3, -0.25) is 4.79 Å². The molecule has 0 aromatic heterocycles. The van der Waals surface area contributed by atoms with E-state index in [2.05, 4.69) is 4.74 Å².